The Labute approximate surface area is 176 Å². The van der Waals surface area contributed by atoms with Gasteiger partial charge in [-0.1, -0.05) is 75.7 Å². The fourth-order valence-corrected chi connectivity index (χ4v) is 4.09. The molecule has 0 fully saturated rings. The molecule has 0 aliphatic carbocycles. The lowest BCUT2D eigenvalue weighted by Gasteiger charge is -2.30. The molecule has 4 heteroatoms. The van der Waals surface area contributed by atoms with Crippen molar-refractivity contribution in [1.29, 1.82) is 0 Å². The first-order chi connectivity index (χ1) is 13.0. The lowest BCUT2D eigenvalue weighted by atomic mass is 9.77. The van der Waals surface area contributed by atoms with Gasteiger partial charge in [-0.25, -0.2) is 4.98 Å². The van der Waals surface area contributed by atoms with Crippen LogP contribution >= 0.6 is 15.9 Å². The Morgan fingerprint density at radius 1 is 0.964 bits per heavy atom. The summed E-state index contributed by atoms with van der Waals surface area (Å²) in [5.41, 5.74) is 3.88. The number of phenols is 1. The first-order valence-electron chi connectivity index (χ1n) is 9.60. The van der Waals surface area contributed by atoms with Crippen LogP contribution in [0.4, 0.5) is 0 Å². The van der Waals surface area contributed by atoms with E-state index in [-0.39, 0.29) is 16.9 Å². The Hall–Kier alpha value is -2.07. The fourth-order valence-electron chi connectivity index (χ4n) is 3.59. The highest BCUT2D eigenvalue weighted by Gasteiger charge is 2.29. The summed E-state index contributed by atoms with van der Waals surface area (Å²) < 4.78 is 3.17. The van der Waals surface area contributed by atoms with E-state index in [1.165, 1.54) is 0 Å². The summed E-state index contributed by atoms with van der Waals surface area (Å²) in [6.45, 7) is 12.9. The number of imidazole rings is 1. The molecule has 3 nitrogen and oxygen atoms in total. The van der Waals surface area contributed by atoms with Crippen molar-refractivity contribution in [2.24, 2.45) is 0 Å². The zero-order valence-corrected chi connectivity index (χ0v) is 19.1. The maximum atomic E-state index is 11.1. The predicted molar refractivity (Wildman–Crippen MR) is 119 cm³/mol. The molecule has 3 aromatic rings. The van der Waals surface area contributed by atoms with E-state index < -0.39 is 0 Å². The molecule has 1 aromatic heterocycles. The Bertz CT molecular complexity index is 928. The van der Waals surface area contributed by atoms with Crippen LogP contribution in [-0.4, -0.2) is 14.7 Å². The van der Waals surface area contributed by atoms with Crippen molar-refractivity contribution in [3.63, 3.8) is 0 Å². The third-order valence-corrected chi connectivity index (χ3v) is 5.81. The topological polar surface area (TPSA) is 38.0 Å². The van der Waals surface area contributed by atoms with Crippen molar-refractivity contribution in [1.82, 2.24) is 9.55 Å². The van der Waals surface area contributed by atoms with Crippen molar-refractivity contribution < 1.29 is 5.11 Å². The van der Waals surface area contributed by atoms with E-state index in [1.54, 1.807) is 6.20 Å². The van der Waals surface area contributed by atoms with Crippen LogP contribution in [0.5, 0.6) is 5.75 Å². The van der Waals surface area contributed by atoms with E-state index in [2.05, 4.69) is 97.4 Å². The second kappa shape index (κ2) is 7.40. The number of aromatic nitrogens is 2. The molecule has 28 heavy (non-hydrogen) atoms. The first kappa shape index (κ1) is 20.7. The van der Waals surface area contributed by atoms with Crippen molar-refractivity contribution in [2.45, 2.75) is 58.4 Å². The van der Waals surface area contributed by atoms with Gasteiger partial charge >= 0.3 is 0 Å². The molecule has 0 aliphatic rings. The summed E-state index contributed by atoms with van der Waals surface area (Å²) in [6.07, 6.45) is 5.65. The summed E-state index contributed by atoms with van der Waals surface area (Å²) in [5, 5.41) is 11.1. The second-order valence-corrected chi connectivity index (χ2v) is 10.3. The van der Waals surface area contributed by atoms with Gasteiger partial charge in [0, 0.05) is 16.9 Å². The minimum atomic E-state index is -0.173. The summed E-state index contributed by atoms with van der Waals surface area (Å²) >= 11 is 3.73. The van der Waals surface area contributed by atoms with E-state index >= 15 is 0 Å². The first-order valence-corrected chi connectivity index (χ1v) is 10.4. The van der Waals surface area contributed by atoms with Crippen LogP contribution in [0, 0.1) is 0 Å². The van der Waals surface area contributed by atoms with Crippen LogP contribution in [0.15, 0.2) is 59.6 Å². The van der Waals surface area contributed by atoms with Gasteiger partial charge in [0.1, 0.15) is 5.75 Å². The molecule has 3 rings (SSSR count). The molecular weight excluding hydrogens is 412 g/mol. The van der Waals surface area contributed by atoms with Crippen LogP contribution in [-0.2, 0) is 10.8 Å². The molecule has 2 aromatic carbocycles. The molecule has 0 aliphatic heterocycles. The molecule has 0 saturated carbocycles. The van der Waals surface area contributed by atoms with E-state index in [0.29, 0.717) is 5.75 Å². The highest BCUT2D eigenvalue weighted by Crippen LogP contribution is 2.43. The number of nitrogens with zero attached hydrogens (tertiary/aromatic N) is 2. The van der Waals surface area contributed by atoms with Crippen LogP contribution in [0.3, 0.4) is 0 Å². The van der Waals surface area contributed by atoms with Crippen LogP contribution in [0.1, 0.15) is 69.8 Å². The fraction of sp³-hybridized carbons (Fsp3) is 0.375. The van der Waals surface area contributed by atoms with Gasteiger partial charge in [-0.2, -0.15) is 0 Å². The van der Waals surface area contributed by atoms with Gasteiger partial charge in [0.2, 0.25) is 0 Å². The summed E-state index contributed by atoms with van der Waals surface area (Å²) in [5.74, 6) is 0.403. The van der Waals surface area contributed by atoms with Gasteiger partial charge in [-0.05, 0) is 51.3 Å². The van der Waals surface area contributed by atoms with E-state index in [0.717, 1.165) is 26.7 Å². The van der Waals surface area contributed by atoms with Crippen molar-refractivity contribution in [2.75, 3.05) is 0 Å². The Balaban J connectivity index is 2.34. The molecule has 0 radical (unpaired) electrons. The van der Waals surface area contributed by atoms with Crippen LogP contribution in [0.25, 0.3) is 0 Å². The zero-order valence-electron chi connectivity index (χ0n) is 17.5. The van der Waals surface area contributed by atoms with Gasteiger partial charge in [0.25, 0.3) is 0 Å². The highest BCUT2D eigenvalue weighted by atomic mass is 79.9. The molecule has 1 heterocycles. The minimum Gasteiger partial charge on any atom is -0.507 e. The normalized spacial score (nSPS) is 13.5. The van der Waals surface area contributed by atoms with E-state index in [4.69, 9.17) is 0 Å². The quantitative estimate of drug-likeness (QED) is 0.498. The Morgan fingerprint density at radius 3 is 2.00 bits per heavy atom. The van der Waals surface area contributed by atoms with Crippen LogP contribution in [0.2, 0.25) is 0 Å². The van der Waals surface area contributed by atoms with Crippen molar-refractivity contribution >= 4 is 15.9 Å². The second-order valence-electron chi connectivity index (χ2n) is 9.40. The molecule has 0 saturated heterocycles. The number of hydrogen-bond acceptors (Lipinski definition) is 2. The summed E-state index contributed by atoms with van der Waals surface area (Å²) in [7, 11) is 0. The largest absolute Gasteiger partial charge is 0.507 e. The van der Waals surface area contributed by atoms with Crippen LogP contribution < -0.4 is 0 Å². The molecule has 1 unspecified atom stereocenters. The van der Waals surface area contributed by atoms with Gasteiger partial charge < -0.3 is 9.67 Å². The zero-order chi connectivity index (χ0) is 20.7. The van der Waals surface area contributed by atoms with E-state index in [1.807, 2.05) is 18.6 Å². The SMILES string of the molecule is CC(C)(C)c1cc(C(c2ccccc2Br)n2ccnc2)cc(C(C)(C)C)c1O. The molecule has 1 N–H and O–H groups in total. The monoisotopic (exact) mass is 440 g/mol. The van der Waals surface area contributed by atoms with Crippen molar-refractivity contribution in [3.05, 3.63) is 81.8 Å². The molecule has 0 spiro atoms. The summed E-state index contributed by atoms with van der Waals surface area (Å²) in [4.78, 5) is 4.28. The van der Waals surface area contributed by atoms with Gasteiger partial charge in [-0.3, -0.25) is 0 Å². The average Bonchev–Trinajstić information content (AvgIpc) is 3.10. The number of aromatic hydroxyl groups is 1. The predicted octanol–water partition coefficient (Wildman–Crippen LogP) is 6.58. The number of halogens is 1. The molecular formula is C24H29BrN2O. The summed E-state index contributed by atoms with van der Waals surface area (Å²) in [6, 6.07) is 12.5. The Kier molecular flexibility index (Phi) is 5.46. The maximum absolute atomic E-state index is 11.1. The smallest absolute Gasteiger partial charge is 0.123 e. The molecule has 0 bridgehead atoms. The van der Waals surface area contributed by atoms with Crippen molar-refractivity contribution in [3.8, 4) is 5.75 Å². The number of rotatable bonds is 3. The number of hydrogen-bond donors (Lipinski definition) is 1. The Morgan fingerprint density at radius 2 is 1.54 bits per heavy atom. The third kappa shape index (κ3) is 4.02. The molecule has 1 atom stereocenters. The minimum absolute atomic E-state index is 0.0409. The molecule has 0 amide bonds. The van der Waals surface area contributed by atoms with Gasteiger partial charge in [0.15, 0.2) is 0 Å². The average molecular weight is 441 g/mol. The van der Waals surface area contributed by atoms with Gasteiger partial charge in [-0.15, -0.1) is 0 Å². The van der Waals surface area contributed by atoms with Gasteiger partial charge in [0.05, 0.1) is 12.4 Å². The third-order valence-electron chi connectivity index (χ3n) is 5.09. The standard InChI is InChI=1S/C24H29BrN2O/c1-23(2,3)18-13-16(14-19(22(18)28)24(4,5)6)21(27-12-11-26-15-27)17-9-7-8-10-20(17)25/h7-15,21,28H,1-6H3. The number of benzene rings is 2. The lowest BCUT2D eigenvalue weighted by molar-refractivity contribution is 0.422. The lowest BCUT2D eigenvalue weighted by Crippen LogP contribution is -2.20. The number of phenolic OH excluding ortho intramolecular Hbond substituents is 1. The maximum Gasteiger partial charge on any atom is 0.123 e. The highest BCUT2D eigenvalue weighted by molar-refractivity contribution is 9.10. The molecule has 148 valence electrons. The van der Waals surface area contributed by atoms with E-state index in [9.17, 15) is 5.11 Å².